The van der Waals surface area contributed by atoms with Crippen LogP contribution >= 0.6 is 0 Å². The van der Waals surface area contributed by atoms with Crippen molar-refractivity contribution in [2.45, 2.75) is 32.9 Å². The van der Waals surface area contributed by atoms with Crippen molar-refractivity contribution < 1.29 is 23.9 Å². The monoisotopic (exact) mass is 297 g/mol. The molecule has 21 heavy (non-hydrogen) atoms. The first-order valence-electron chi connectivity index (χ1n) is 6.32. The van der Waals surface area contributed by atoms with E-state index in [2.05, 4.69) is 16.0 Å². The van der Waals surface area contributed by atoms with Crippen LogP contribution in [0.15, 0.2) is 16.5 Å². The standard InChI is InChI=1S/C13H19N3O5/c1-13(2,3)16-10(17)7-15-12(20)14-6-8-4-5-9(21-8)11(18)19/h4-5H,6-7H2,1-3H3,(H,16,17)(H,18,19)(H2,14,15,20). The average Bonchev–Trinajstić information content (AvgIpc) is 2.80. The molecule has 0 aromatic carbocycles. The van der Waals surface area contributed by atoms with E-state index in [0.717, 1.165) is 0 Å². The number of aromatic carboxylic acids is 1. The Balaban J connectivity index is 2.31. The maximum atomic E-state index is 11.5. The van der Waals surface area contributed by atoms with Crippen molar-refractivity contribution in [3.63, 3.8) is 0 Å². The summed E-state index contributed by atoms with van der Waals surface area (Å²) in [7, 11) is 0. The number of hydrogen-bond acceptors (Lipinski definition) is 4. The van der Waals surface area contributed by atoms with Crippen LogP contribution in [0.2, 0.25) is 0 Å². The van der Waals surface area contributed by atoms with Gasteiger partial charge in [-0.25, -0.2) is 9.59 Å². The lowest BCUT2D eigenvalue weighted by Gasteiger charge is -2.20. The van der Waals surface area contributed by atoms with Crippen LogP contribution in [-0.4, -0.2) is 35.1 Å². The van der Waals surface area contributed by atoms with E-state index in [4.69, 9.17) is 9.52 Å². The number of carbonyl (C=O) groups is 3. The van der Waals surface area contributed by atoms with Crippen molar-refractivity contribution in [2.75, 3.05) is 6.54 Å². The van der Waals surface area contributed by atoms with E-state index < -0.39 is 12.0 Å². The maximum absolute atomic E-state index is 11.5. The van der Waals surface area contributed by atoms with Gasteiger partial charge in [0.2, 0.25) is 11.7 Å². The van der Waals surface area contributed by atoms with Crippen LogP contribution in [0.4, 0.5) is 4.79 Å². The first kappa shape index (κ1) is 16.5. The summed E-state index contributed by atoms with van der Waals surface area (Å²) in [6, 6.07) is 2.21. The lowest BCUT2D eigenvalue weighted by Crippen LogP contribution is -2.47. The smallest absolute Gasteiger partial charge is 0.371 e. The van der Waals surface area contributed by atoms with Crippen LogP contribution in [0, 0.1) is 0 Å². The van der Waals surface area contributed by atoms with Crippen LogP contribution in [-0.2, 0) is 11.3 Å². The summed E-state index contributed by atoms with van der Waals surface area (Å²) in [5.41, 5.74) is -0.364. The lowest BCUT2D eigenvalue weighted by atomic mass is 10.1. The summed E-state index contributed by atoms with van der Waals surface area (Å²) in [6.07, 6.45) is 0. The highest BCUT2D eigenvalue weighted by molar-refractivity contribution is 5.85. The van der Waals surface area contributed by atoms with E-state index >= 15 is 0 Å². The highest BCUT2D eigenvalue weighted by atomic mass is 16.4. The SMILES string of the molecule is CC(C)(C)NC(=O)CNC(=O)NCc1ccc(C(=O)O)o1. The van der Waals surface area contributed by atoms with Crippen LogP contribution < -0.4 is 16.0 Å². The summed E-state index contributed by atoms with van der Waals surface area (Å²) in [4.78, 5) is 33.6. The number of nitrogens with one attached hydrogen (secondary N) is 3. The van der Waals surface area contributed by atoms with Crippen LogP contribution in [0.3, 0.4) is 0 Å². The van der Waals surface area contributed by atoms with Crippen LogP contribution in [0.5, 0.6) is 0 Å². The average molecular weight is 297 g/mol. The number of carboxylic acid groups (broad SMARTS) is 1. The largest absolute Gasteiger partial charge is 0.475 e. The first-order valence-corrected chi connectivity index (χ1v) is 6.32. The van der Waals surface area contributed by atoms with E-state index in [1.165, 1.54) is 12.1 Å². The number of amides is 3. The Kier molecular flexibility index (Phi) is 5.34. The molecule has 1 aromatic rings. The topological polar surface area (TPSA) is 121 Å². The van der Waals surface area contributed by atoms with Crippen molar-refractivity contribution in [3.8, 4) is 0 Å². The zero-order chi connectivity index (χ0) is 16.0. The molecule has 1 heterocycles. The molecular weight excluding hydrogens is 278 g/mol. The maximum Gasteiger partial charge on any atom is 0.371 e. The zero-order valence-electron chi connectivity index (χ0n) is 12.1. The van der Waals surface area contributed by atoms with Gasteiger partial charge >= 0.3 is 12.0 Å². The molecule has 0 atom stereocenters. The second-order valence-electron chi connectivity index (χ2n) is 5.41. The lowest BCUT2D eigenvalue weighted by molar-refractivity contribution is -0.121. The van der Waals surface area contributed by atoms with Crippen LogP contribution in [0.1, 0.15) is 37.1 Å². The Hall–Kier alpha value is -2.51. The second-order valence-corrected chi connectivity index (χ2v) is 5.41. The fourth-order valence-electron chi connectivity index (χ4n) is 1.44. The second kappa shape index (κ2) is 6.78. The summed E-state index contributed by atoms with van der Waals surface area (Å²) in [6.45, 7) is 5.38. The molecule has 1 aromatic heterocycles. The molecule has 8 heteroatoms. The molecule has 0 saturated carbocycles. The third-order valence-electron chi connectivity index (χ3n) is 2.22. The third-order valence-corrected chi connectivity index (χ3v) is 2.22. The first-order chi connectivity index (χ1) is 9.67. The summed E-state index contributed by atoms with van der Waals surface area (Å²) >= 11 is 0. The van der Waals surface area contributed by atoms with Gasteiger partial charge in [0, 0.05) is 5.54 Å². The molecular formula is C13H19N3O5. The molecule has 3 amide bonds. The third kappa shape index (κ3) is 6.46. The van der Waals surface area contributed by atoms with Crippen LogP contribution in [0.25, 0.3) is 0 Å². The molecule has 0 radical (unpaired) electrons. The Bertz CT molecular complexity index is 530. The molecule has 0 aliphatic carbocycles. The minimum absolute atomic E-state index is 0.0278. The Labute approximate surface area is 121 Å². The zero-order valence-corrected chi connectivity index (χ0v) is 12.1. The molecule has 0 unspecified atom stereocenters. The van der Waals surface area contributed by atoms with E-state index in [-0.39, 0.29) is 30.3 Å². The van der Waals surface area contributed by atoms with E-state index in [1.807, 2.05) is 20.8 Å². The molecule has 0 fully saturated rings. The summed E-state index contributed by atoms with van der Waals surface area (Å²) < 4.78 is 4.97. The molecule has 0 bridgehead atoms. The molecule has 0 saturated heterocycles. The van der Waals surface area contributed by atoms with Gasteiger partial charge in [0.1, 0.15) is 5.76 Å². The number of furan rings is 1. The predicted molar refractivity (Wildman–Crippen MR) is 73.8 cm³/mol. The van der Waals surface area contributed by atoms with Crippen molar-refractivity contribution >= 4 is 17.9 Å². The highest BCUT2D eigenvalue weighted by Gasteiger charge is 2.14. The van der Waals surface area contributed by atoms with Gasteiger partial charge in [0.15, 0.2) is 0 Å². The fraction of sp³-hybridized carbons (Fsp3) is 0.462. The number of urea groups is 1. The van der Waals surface area contributed by atoms with Crippen molar-refractivity contribution in [2.24, 2.45) is 0 Å². The van der Waals surface area contributed by atoms with Gasteiger partial charge in [-0.1, -0.05) is 0 Å². The molecule has 0 aliphatic rings. The van der Waals surface area contributed by atoms with Gasteiger partial charge in [-0.3, -0.25) is 4.79 Å². The quantitative estimate of drug-likeness (QED) is 0.637. The van der Waals surface area contributed by atoms with Gasteiger partial charge < -0.3 is 25.5 Å². The molecule has 0 aliphatic heterocycles. The molecule has 4 N–H and O–H groups in total. The van der Waals surface area contributed by atoms with Gasteiger partial charge in [-0.2, -0.15) is 0 Å². The van der Waals surface area contributed by atoms with Gasteiger partial charge in [-0.15, -0.1) is 0 Å². The Morgan fingerprint density at radius 1 is 1.19 bits per heavy atom. The van der Waals surface area contributed by atoms with E-state index in [1.54, 1.807) is 0 Å². The Morgan fingerprint density at radius 3 is 2.38 bits per heavy atom. The highest BCUT2D eigenvalue weighted by Crippen LogP contribution is 2.07. The minimum Gasteiger partial charge on any atom is -0.475 e. The van der Waals surface area contributed by atoms with Gasteiger partial charge in [-0.05, 0) is 32.9 Å². The molecule has 8 nitrogen and oxygen atoms in total. The predicted octanol–water partition coefficient (Wildman–Crippen LogP) is 0.692. The number of carboxylic acids is 1. The summed E-state index contributed by atoms with van der Waals surface area (Å²) in [5, 5.41) is 16.2. The van der Waals surface area contributed by atoms with Crippen molar-refractivity contribution in [3.05, 3.63) is 23.7 Å². The Morgan fingerprint density at radius 2 is 1.86 bits per heavy atom. The number of carbonyl (C=O) groups excluding carboxylic acids is 2. The fourth-order valence-corrected chi connectivity index (χ4v) is 1.44. The normalized spacial score (nSPS) is 10.8. The van der Waals surface area contributed by atoms with Gasteiger partial charge in [0.05, 0.1) is 13.1 Å². The molecule has 1 rings (SSSR count). The van der Waals surface area contributed by atoms with E-state index in [0.29, 0.717) is 5.76 Å². The summed E-state index contributed by atoms with van der Waals surface area (Å²) in [5.74, 6) is -1.37. The molecule has 116 valence electrons. The van der Waals surface area contributed by atoms with Crippen molar-refractivity contribution in [1.29, 1.82) is 0 Å². The van der Waals surface area contributed by atoms with Crippen molar-refractivity contribution in [1.82, 2.24) is 16.0 Å². The molecule has 0 spiro atoms. The number of rotatable bonds is 5. The van der Waals surface area contributed by atoms with E-state index in [9.17, 15) is 14.4 Å². The minimum atomic E-state index is -1.18. The number of hydrogen-bond donors (Lipinski definition) is 4. The van der Waals surface area contributed by atoms with Gasteiger partial charge in [0.25, 0.3) is 0 Å².